The lowest BCUT2D eigenvalue weighted by Gasteiger charge is -2.56. The summed E-state index contributed by atoms with van der Waals surface area (Å²) in [5.41, 5.74) is 1.78. The topological polar surface area (TPSA) is 156 Å². The molecule has 0 radical (unpaired) electrons. The van der Waals surface area contributed by atoms with Gasteiger partial charge in [0.15, 0.2) is 41.6 Å². The van der Waals surface area contributed by atoms with Crippen molar-refractivity contribution in [3.05, 3.63) is 36.5 Å². The van der Waals surface area contributed by atoms with Crippen LogP contribution in [0.2, 0.25) is 90.7 Å². The number of ketones is 1. The third-order valence-corrected chi connectivity index (χ3v) is 45.8. The third kappa shape index (κ3) is 22.3. The second kappa shape index (κ2) is 32.5. The molecule has 0 amide bonds. The van der Waals surface area contributed by atoms with Crippen molar-refractivity contribution < 1.29 is 65.2 Å². The average Bonchev–Trinajstić information content (AvgIpc) is 0.934. The Morgan fingerprint density at radius 2 is 1.22 bits per heavy atom. The van der Waals surface area contributed by atoms with Crippen LogP contribution in [0.3, 0.4) is 0 Å². The van der Waals surface area contributed by atoms with E-state index in [1.165, 1.54) is 6.92 Å². The molecule has 0 aromatic carbocycles. The minimum absolute atomic E-state index is 0.0220. The molecule has 0 aromatic heterocycles. The molecule has 4 aliphatic rings. The van der Waals surface area contributed by atoms with E-state index < -0.39 is 121 Å². The van der Waals surface area contributed by atoms with Crippen LogP contribution in [0.4, 0.5) is 0 Å². The lowest BCUT2D eigenvalue weighted by atomic mass is 9.82. The number of rotatable bonds is 32. The van der Waals surface area contributed by atoms with Gasteiger partial charge in [-0.2, -0.15) is 0 Å². The van der Waals surface area contributed by atoms with Crippen LogP contribution in [-0.4, -0.2) is 164 Å². The minimum atomic E-state index is -2.53. The van der Waals surface area contributed by atoms with Crippen molar-refractivity contribution in [2.75, 3.05) is 13.7 Å². The van der Waals surface area contributed by atoms with Gasteiger partial charge in [-0.05, 0) is 160 Å². The largest absolute Gasteiger partial charge is 0.458 e. The maximum Gasteiger partial charge on any atom is 0.303 e. The van der Waals surface area contributed by atoms with E-state index in [1.807, 2.05) is 13.8 Å². The van der Waals surface area contributed by atoms with Crippen molar-refractivity contribution in [3.63, 3.8) is 0 Å². The number of aliphatic hydroxyl groups excluding tert-OH is 1. The molecule has 4 heterocycles. The molecule has 0 saturated carbocycles. The van der Waals surface area contributed by atoms with Gasteiger partial charge in [-0.3, -0.25) is 9.59 Å². The molecule has 0 aliphatic carbocycles. The van der Waals surface area contributed by atoms with Crippen molar-refractivity contribution in [3.8, 4) is 0 Å². The van der Waals surface area contributed by atoms with Gasteiger partial charge >= 0.3 is 5.97 Å². The average molecular weight is 1380 g/mol. The Bertz CT molecular complexity index is 2410. The van der Waals surface area contributed by atoms with Gasteiger partial charge in [-0.15, -0.1) is 0 Å². The van der Waals surface area contributed by atoms with Crippen LogP contribution in [0.5, 0.6) is 0 Å². The Kier molecular flexibility index (Phi) is 29.5. The van der Waals surface area contributed by atoms with Crippen molar-refractivity contribution in [2.45, 2.75) is 391 Å². The number of allylic oxidation sites excluding steroid dienone is 1. The van der Waals surface area contributed by atoms with Gasteiger partial charge in [0.2, 0.25) is 0 Å². The number of methoxy groups -OCH3 is 1. The second-order valence-corrected chi connectivity index (χ2v) is 59.8. The molecule has 0 aromatic rings. The van der Waals surface area contributed by atoms with E-state index in [1.54, 1.807) is 7.11 Å². The van der Waals surface area contributed by atoms with Gasteiger partial charge in [0.1, 0.15) is 36.3 Å². The molecular weight excluding hydrogens is 1240 g/mol. The standard InChI is InChI=1S/C73H140O14Si5/c1-33-35-54-42-49(4)58(80-54)39-37-52(75)41-48(3)50(5)61(79-51(6)74)46-62-57(64(77-22)63(82-62)45-56(84-89(25,26)70(10,11)12)47-78-88(23,24)69(7,8)9)44-53(76)43-55-38-40-59-65(81-55)67(86-91(29,30)72(16,17)18)68(87-92(31,32)73(19,20)21)66(83-59)60(36-34-2)85-90(27,28)71(13,14)15/h34,36,48,52,54-68,75H,4-5,33,35,37-47H2,1-3,6-32H3/b36-34+/t48-,52-,54?,55?,56+,57+,58?,59+,60+,61-,62+,63?,64-,65+,66+,67?,68?/m1/s1. The Morgan fingerprint density at radius 3 is 1.73 bits per heavy atom. The number of aliphatic hydroxyl groups is 1. The highest BCUT2D eigenvalue weighted by Gasteiger charge is 2.59. The monoisotopic (exact) mass is 1380 g/mol. The van der Waals surface area contributed by atoms with Crippen LogP contribution in [0.1, 0.15) is 209 Å². The molecule has 536 valence electrons. The Balaban J connectivity index is 1.78. The second-order valence-electron chi connectivity index (χ2n) is 36.0. The quantitative estimate of drug-likeness (QED) is 0.0386. The summed E-state index contributed by atoms with van der Waals surface area (Å²) in [5.74, 6) is -1.08. The summed E-state index contributed by atoms with van der Waals surface area (Å²) in [5, 5.41) is 11.1. The number of ether oxygens (including phenoxy) is 6. The van der Waals surface area contributed by atoms with Crippen LogP contribution in [-0.2, 0) is 60.1 Å². The van der Waals surface area contributed by atoms with E-state index >= 15 is 4.79 Å². The number of carbonyl (C=O) groups is 2. The summed E-state index contributed by atoms with van der Waals surface area (Å²) in [7, 11) is -10.3. The molecule has 4 rings (SSSR count). The first-order valence-electron chi connectivity index (χ1n) is 35.6. The van der Waals surface area contributed by atoms with E-state index in [9.17, 15) is 9.90 Å². The molecule has 0 spiro atoms. The van der Waals surface area contributed by atoms with Crippen LogP contribution < -0.4 is 0 Å². The summed E-state index contributed by atoms with van der Waals surface area (Å²) < 4.78 is 78.4. The minimum Gasteiger partial charge on any atom is -0.458 e. The Labute approximate surface area is 568 Å². The van der Waals surface area contributed by atoms with Crippen LogP contribution in [0.15, 0.2) is 36.5 Å². The fourth-order valence-corrected chi connectivity index (χ4v) is 18.5. The Hall–Kier alpha value is -0.996. The van der Waals surface area contributed by atoms with Gasteiger partial charge in [0.25, 0.3) is 0 Å². The number of hydrogen-bond donors (Lipinski definition) is 1. The molecule has 19 heteroatoms. The van der Waals surface area contributed by atoms with Gasteiger partial charge < -0.3 is 55.7 Å². The zero-order chi connectivity index (χ0) is 70.5. The van der Waals surface area contributed by atoms with Crippen molar-refractivity contribution in [1.82, 2.24) is 0 Å². The number of Topliss-reactive ketones (excluding diaryl/α,β-unsaturated/α-hetero) is 1. The third-order valence-electron chi connectivity index (χ3n) is 23.3. The molecule has 4 fully saturated rings. The summed E-state index contributed by atoms with van der Waals surface area (Å²) in [6.07, 6.45) is 4.68. The number of carbonyl (C=O) groups excluding carboxylic acids is 2. The molecule has 4 aliphatic heterocycles. The van der Waals surface area contributed by atoms with E-state index in [-0.39, 0.29) is 80.6 Å². The smallest absolute Gasteiger partial charge is 0.303 e. The van der Waals surface area contributed by atoms with Crippen LogP contribution >= 0.6 is 0 Å². The predicted molar refractivity (Wildman–Crippen MR) is 390 cm³/mol. The van der Waals surface area contributed by atoms with Crippen molar-refractivity contribution >= 4 is 53.3 Å². The normalized spacial score (nSPS) is 28.7. The molecular formula is C73H140O14Si5. The maximum atomic E-state index is 15.4. The zero-order valence-electron chi connectivity index (χ0n) is 64.3. The fourth-order valence-electron chi connectivity index (χ4n) is 12.2. The summed E-state index contributed by atoms with van der Waals surface area (Å²) >= 11 is 0. The summed E-state index contributed by atoms with van der Waals surface area (Å²) in [4.78, 5) is 28.6. The van der Waals surface area contributed by atoms with Crippen molar-refractivity contribution in [2.24, 2.45) is 11.8 Å². The SMILES string of the molecule is C=C1CC(CCC)OC1CC[C@@H](O)C[C@@H](C)C(=C)[C@@H](C[C@@H]1OC(C[C@@H](CO[Si](C)(C)C(C)(C)C)O[Si](C)(C)C(C)(C)C)[C@H](OC)[C@H]1CC(=O)CC1CC[C@@H]2O[C@@H]([C@H](/C=C/C)O[Si](C)(C)C(C)(C)C)C(O[Si](C)(C)C(C)(C)C)C(O[Si](C)(C)C(C)(C)C)[C@H]2O1)OC(C)=O. The predicted octanol–water partition coefficient (Wildman–Crippen LogP) is 18.2. The van der Waals surface area contributed by atoms with Gasteiger partial charge in [0, 0.05) is 45.6 Å². The van der Waals surface area contributed by atoms with Gasteiger partial charge in [0.05, 0.1) is 67.6 Å². The van der Waals surface area contributed by atoms with E-state index in [0.29, 0.717) is 50.7 Å². The van der Waals surface area contributed by atoms with Crippen LogP contribution in [0, 0.1) is 11.8 Å². The molecule has 6 unspecified atom stereocenters. The van der Waals surface area contributed by atoms with Crippen LogP contribution in [0.25, 0.3) is 0 Å². The molecule has 14 nitrogen and oxygen atoms in total. The molecule has 0 bridgehead atoms. The first kappa shape index (κ1) is 83.4. The molecule has 92 heavy (non-hydrogen) atoms. The number of hydrogen-bond acceptors (Lipinski definition) is 14. The summed E-state index contributed by atoms with van der Waals surface area (Å²) in [6, 6.07) is 0. The van der Waals surface area contributed by atoms with E-state index in [0.717, 1.165) is 24.8 Å². The van der Waals surface area contributed by atoms with E-state index in [4.69, 9.17) is 50.6 Å². The number of esters is 1. The molecule has 1 N–H and O–H groups in total. The first-order valence-corrected chi connectivity index (χ1v) is 50.1. The Morgan fingerprint density at radius 1 is 0.674 bits per heavy atom. The molecule has 4 saturated heterocycles. The zero-order valence-corrected chi connectivity index (χ0v) is 69.3. The van der Waals surface area contributed by atoms with Gasteiger partial charge in [-0.25, -0.2) is 0 Å². The molecule has 17 atom stereocenters. The lowest BCUT2D eigenvalue weighted by molar-refractivity contribution is -0.266. The number of fused-ring (bicyclic) bond motifs is 1. The maximum absolute atomic E-state index is 15.4. The summed E-state index contributed by atoms with van der Waals surface area (Å²) in [6.45, 7) is 73.8. The highest BCUT2D eigenvalue weighted by molar-refractivity contribution is 6.76. The van der Waals surface area contributed by atoms with Gasteiger partial charge in [-0.1, -0.05) is 149 Å². The van der Waals surface area contributed by atoms with E-state index in [2.05, 4.69) is 202 Å². The highest BCUT2D eigenvalue weighted by Crippen LogP contribution is 2.49. The highest BCUT2D eigenvalue weighted by atomic mass is 28.4. The first-order chi connectivity index (χ1) is 41.7. The van der Waals surface area contributed by atoms with Crippen molar-refractivity contribution in [1.29, 1.82) is 0 Å². The lowest BCUT2D eigenvalue weighted by Crippen LogP contribution is -2.69. The fraction of sp³-hybridized carbons (Fsp3) is 0.890.